The van der Waals surface area contributed by atoms with Gasteiger partial charge in [0.05, 0.1) is 24.9 Å². The molecule has 0 aromatic carbocycles. The summed E-state index contributed by atoms with van der Waals surface area (Å²) in [5.74, 6) is 0. The fourth-order valence-corrected chi connectivity index (χ4v) is 3.40. The topological polar surface area (TPSA) is 83.5 Å². The number of hydrogen-bond acceptors (Lipinski definition) is 7. The van der Waals surface area contributed by atoms with Gasteiger partial charge in [-0.25, -0.2) is 0 Å². The summed E-state index contributed by atoms with van der Waals surface area (Å²) >= 11 is 0. The number of rotatable bonds is 13. The highest BCUT2D eigenvalue weighted by molar-refractivity contribution is 7.53. The lowest BCUT2D eigenvalue weighted by Crippen LogP contribution is -2.24. The SMILES string of the molecule is COCOC[C@H](CCO)OCP(=O)(OC(C)C)OC(C)C. The zero-order valence-corrected chi connectivity index (χ0v) is 14.5. The molecule has 21 heavy (non-hydrogen) atoms. The normalized spacial score (nSPS) is 14.1. The van der Waals surface area contributed by atoms with Gasteiger partial charge in [-0.15, -0.1) is 0 Å². The lowest BCUT2D eigenvalue weighted by Gasteiger charge is -2.25. The van der Waals surface area contributed by atoms with Gasteiger partial charge in [0.1, 0.15) is 13.1 Å². The van der Waals surface area contributed by atoms with E-state index in [2.05, 4.69) is 0 Å². The summed E-state index contributed by atoms with van der Waals surface area (Å²) in [6.07, 6.45) is -0.680. The van der Waals surface area contributed by atoms with E-state index in [1.165, 1.54) is 7.11 Å². The van der Waals surface area contributed by atoms with E-state index in [0.29, 0.717) is 6.42 Å². The van der Waals surface area contributed by atoms with Gasteiger partial charge in [-0.1, -0.05) is 0 Å². The summed E-state index contributed by atoms with van der Waals surface area (Å²) in [5.41, 5.74) is 0. The van der Waals surface area contributed by atoms with Crippen LogP contribution in [0.15, 0.2) is 0 Å². The van der Waals surface area contributed by atoms with Crippen LogP contribution < -0.4 is 0 Å². The summed E-state index contributed by atoms with van der Waals surface area (Å²) in [6, 6.07) is 0. The lowest BCUT2D eigenvalue weighted by molar-refractivity contribution is -0.0794. The minimum atomic E-state index is -3.34. The molecule has 7 nitrogen and oxygen atoms in total. The highest BCUT2D eigenvalue weighted by atomic mass is 31.2. The summed E-state index contributed by atoms with van der Waals surface area (Å²) in [7, 11) is -1.82. The van der Waals surface area contributed by atoms with E-state index >= 15 is 0 Å². The molecule has 0 radical (unpaired) electrons. The van der Waals surface area contributed by atoms with Crippen molar-refractivity contribution in [3.05, 3.63) is 0 Å². The Labute approximate surface area is 127 Å². The van der Waals surface area contributed by atoms with Gasteiger partial charge >= 0.3 is 7.60 Å². The van der Waals surface area contributed by atoms with Crippen LogP contribution in [0.4, 0.5) is 0 Å². The third-order valence-corrected chi connectivity index (χ3v) is 4.12. The van der Waals surface area contributed by atoms with Crippen molar-refractivity contribution < 1.29 is 32.9 Å². The molecule has 0 aliphatic rings. The number of hydrogen-bond donors (Lipinski definition) is 1. The summed E-state index contributed by atoms with van der Waals surface area (Å²) in [5, 5.41) is 9.02. The Kier molecular flexibility index (Phi) is 11.5. The van der Waals surface area contributed by atoms with Crippen LogP contribution >= 0.6 is 7.60 Å². The molecule has 0 heterocycles. The zero-order valence-electron chi connectivity index (χ0n) is 13.6. The van der Waals surface area contributed by atoms with Crippen LogP contribution in [-0.4, -0.2) is 56.9 Å². The van der Waals surface area contributed by atoms with Crippen molar-refractivity contribution in [3.8, 4) is 0 Å². The average Bonchev–Trinajstić information content (AvgIpc) is 2.34. The maximum absolute atomic E-state index is 12.6. The van der Waals surface area contributed by atoms with E-state index in [-0.39, 0.29) is 38.6 Å². The number of aliphatic hydroxyl groups is 1. The lowest BCUT2D eigenvalue weighted by atomic mass is 10.3. The first-order chi connectivity index (χ1) is 9.83. The standard InChI is InChI=1S/C13H29O7P/c1-11(2)19-21(15,20-12(3)4)10-18-13(6-7-14)8-17-9-16-5/h11-14H,6-10H2,1-5H3/t13-/m0/s1. The maximum atomic E-state index is 12.6. The highest BCUT2D eigenvalue weighted by Gasteiger charge is 2.29. The van der Waals surface area contributed by atoms with E-state index in [0.717, 1.165) is 0 Å². The Morgan fingerprint density at radius 2 is 1.67 bits per heavy atom. The van der Waals surface area contributed by atoms with Crippen LogP contribution in [0.2, 0.25) is 0 Å². The van der Waals surface area contributed by atoms with Gasteiger partial charge in [0.25, 0.3) is 0 Å². The van der Waals surface area contributed by atoms with Crippen LogP contribution in [0.25, 0.3) is 0 Å². The number of aliphatic hydroxyl groups excluding tert-OH is 1. The summed E-state index contributed by atoms with van der Waals surface area (Å²) in [4.78, 5) is 0. The van der Waals surface area contributed by atoms with Gasteiger partial charge in [-0.3, -0.25) is 4.57 Å². The van der Waals surface area contributed by atoms with E-state index in [1.807, 2.05) is 0 Å². The summed E-state index contributed by atoms with van der Waals surface area (Å²) in [6.45, 7) is 7.44. The van der Waals surface area contributed by atoms with Crippen LogP contribution in [0.5, 0.6) is 0 Å². The number of methoxy groups -OCH3 is 1. The molecular formula is C13H29O7P. The molecule has 0 saturated heterocycles. The van der Waals surface area contributed by atoms with Gasteiger partial charge in [-0.05, 0) is 34.1 Å². The summed E-state index contributed by atoms with van der Waals surface area (Å²) < 4.78 is 38.9. The third-order valence-electron chi connectivity index (χ3n) is 2.17. The van der Waals surface area contributed by atoms with Gasteiger partial charge < -0.3 is 28.4 Å². The van der Waals surface area contributed by atoms with E-state index in [4.69, 9.17) is 28.4 Å². The molecule has 0 saturated carbocycles. The molecule has 8 heteroatoms. The molecular weight excluding hydrogens is 299 g/mol. The van der Waals surface area contributed by atoms with Gasteiger partial charge in [0.2, 0.25) is 0 Å². The molecule has 128 valence electrons. The minimum Gasteiger partial charge on any atom is -0.396 e. The fourth-order valence-electron chi connectivity index (χ4n) is 1.55. The molecule has 1 atom stereocenters. The maximum Gasteiger partial charge on any atom is 0.356 e. The Morgan fingerprint density at radius 1 is 1.10 bits per heavy atom. The van der Waals surface area contributed by atoms with Crippen LogP contribution in [-0.2, 0) is 27.8 Å². The first kappa shape index (κ1) is 21.0. The van der Waals surface area contributed by atoms with Crippen molar-refractivity contribution in [1.82, 2.24) is 0 Å². The van der Waals surface area contributed by atoms with Crippen molar-refractivity contribution in [2.45, 2.75) is 52.4 Å². The quantitative estimate of drug-likeness (QED) is 0.316. The second kappa shape index (κ2) is 11.5. The molecule has 0 aromatic heterocycles. The Bertz CT molecular complexity index is 282. The predicted octanol–water partition coefficient (Wildman–Crippen LogP) is 2.38. The van der Waals surface area contributed by atoms with Crippen molar-refractivity contribution in [1.29, 1.82) is 0 Å². The van der Waals surface area contributed by atoms with Crippen molar-refractivity contribution in [2.75, 3.05) is 33.5 Å². The van der Waals surface area contributed by atoms with Crippen molar-refractivity contribution in [2.24, 2.45) is 0 Å². The second-order valence-electron chi connectivity index (χ2n) is 5.13. The highest BCUT2D eigenvalue weighted by Crippen LogP contribution is 2.50. The first-order valence-electron chi connectivity index (χ1n) is 7.08. The van der Waals surface area contributed by atoms with E-state index < -0.39 is 13.7 Å². The molecule has 0 aliphatic carbocycles. The molecule has 0 fully saturated rings. The molecule has 0 amide bonds. The fraction of sp³-hybridized carbons (Fsp3) is 1.00. The Morgan fingerprint density at radius 3 is 2.10 bits per heavy atom. The van der Waals surface area contributed by atoms with Crippen LogP contribution in [0.1, 0.15) is 34.1 Å². The van der Waals surface area contributed by atoms with Crippen molar-refractivity contribution in [3.63, 3.8) is 0 Å². The van der Waals surface area contributed by atoms with Crippen LogP contribution in [0, 0.1) is 0 Å². The number of ether oxygens (including phenoxy) is 3. The molecule has 0 rings (SSSR count). The molecule has 0 bridgehead atoms. The largest absolute Gasteiger partial charge is 0.396 e. The Balaban J connectivity index is 4.48. The van der Waals surface area contributed by atoms with Gasteiger partial charge in [0.15, 0.2) is 0 Å². The minimum absolute atomic E-state index is 0.0542. The van der Waals surface area contributed by atoms with Crippen molar-refractivity contribution >= 4 is 7.60 Å². The Hall–Kier alpha value is -0.0100. The van der Waals surface area contributed by atoms with Gasteiger partial charge in [-0.2, -0.15) is 0 Å². The molecule has 1 N–H and O–H groups in total. The molecule has 0 aliphatic heterocycles. The average molecular weight is 328 g/mol. The smallest absolute Gasteiger partial charge is 0.356 e. The first-order valence-corrected chi connectivity index (χ1v) is 8.80. The second-order valence-corrected chi connectivity index (χ2v) is 7.03. The molecule has 0 spiro atoms. The zero-order chi connectivity index (χ0) is 16.3. The molecule has 0 aromatic rings. The van der Waals surface area contributed by atoms with Crippen LogP contribution in [0.3, 0.4) is 0 Å². The van der Waals surface area contributed by atoms with E-state index in [9.17, 15) is 4.57 Å². The predicted molar refractivity (Wildman–Crippen MR) is 79.3 cm³/mol. The van der Waals surface area contributed by atoms with E-state index in [1.54, 1.807) is 27.7 Å². The van der Waals surface area contributed by atoms with Gasteiger partial charge in [0, 0.05) is 13.7 Å². The monoisotopic (exact) mass is 328 g/mol. The molecule has 0 unspecified atom stereocenters. The third kappa shape index (κ3) is 11.2.